The van der Waals surface area contributed by atoms with Crippen LogP contribution in [0.3, 0.4) is 0 Å². The van der Waals surface area contributed by atoms with Gasteiger partial charge in [-0.15, -0.1) is 0 Å². The maximum absolute atomic E-state index is 12.8. The number of aromatic nitrogens is 1. The van der Waals surface area contributed by atoms with E-state index in [9.17, 15) is 8.42 Å². The highest BCUT2D eigenvalue weighted by molar-refractivity contribution is 7.92. The lowest BCUT2D eigenvalue weighted by Gasteiger charge is -2.30. The van der Waals surface area contributed by atoms with Crippen molar-refractivity contribution in [1.29, 1.82) is 0 Å². The fourth-order valence-corrected chi connectivity index (χ4v) is 4.29. The van der Waals surface area contributed by atoms with E-state index in [-0.39, 0.29) is 10.7 Å². The normalized spacial score (nSPS) is 15.5. The van der Waals surface area contributed by atoms with Gasteiger partial charge in [0, 0.05) is 18.1 Å². The number of nitrogens with one attached hydrogen (secondary N) is 1. The highest BCUT2D eigenvalue weighted by atomic mass is 35.5. The summed E-state index contributed by atoms with van der Waals surface area (Å²) in [6.07, 6.45) is 0. The molecule has 1 aromatic carbocycles. The molecular formula is C15H18ClN3O4S. The molecule has 2 aromatic rings. The van der Waals surface area contributed by atoms with Gasteiger partial charge in [0.2, 0.25) is 0 Å². The van der Waals surface area contributed by atoms with Crippen LogP contribution in [0.2, 0.25) is 5.02 Å². The average Bonchev–Trinajstić information content (AvgIpc) is 2.87. The van der Waals surface area contributed by atoms with Crippen LogP contribution in [-0.2, 0) is 14.8 Å². The third kappa shape index (κ3) is 3.35. The second kappa shape index (κ2) is 6.62. The van der Waals surface area contributed by atoms with Crippen LogP contribution in [0.25, 0.3) is 0 Å². The molecule has 1 N–H and O–H groups in total. The van der Waals surface area contributed by atoms with E-state index in [0.29, 0.717) is 42.7 Å². The molecule has 9 heteroatoms. The van der Waals surface area contributed by atoms with Gasteiger partial charge < -0.3 is 14.2 Å². The second-order valence-electron chi connectivity index (χ2n) is 5.52. The zero-order valence-corrected chi connectivity index (χ0v) is 14.9. The van der Waals surface area contributed by atoms with E-state index in [1.165, 1.54) is 0 Å². The standard InChI is InChI=1S/C15H18ClN3O4S/c1-10-15(11(2)23-17-10)24(20,21)18-13-9-12(16)3-4-14(13)19-5-7-22-8-6-19/h3-4,9,18H,5-8H2,1-2H3. The Balaban J connectivity index is 1.98. The summed E-state index contributed by atoms with van der Waals surface area (Å²) in [4.78, 5) is 2.11. The first-order chi connectivity index (χ1) is 11.4. The molecule has 24 heavy (non-hydrogen) atoms. The molecule has 0 unspecified atom stereocenters. The average molecular weight is 372 g/mol. The van der Waals surface area contributed by atoms with Crippen LogP contribution in [0, 0.1) is 13.8 Å². The Bertz CT molecular complexity index is 825. The number of sulfonamides is 1. The Morgan fingerprint density at radius 1 is 1.25 bits per heavy atom. The van der Waals surface area contributed by atoms with Crippen LogP contribution in [0.15, 0.2) is 27.6 Å². The smallest absolute Gasteiger partial charge is 0.267 e. The van der Waals surface area contributed by atoms with E-state index < -0.39 is 10.0 Å². The van der Waals surface area contributed by atoms with Crippen LogP contribution < -0.4 is 9.62 Å². The van der Waals surface area contributed by atoms with Crippen LogP contribution in [0.4, 0.5) is 11.4 Å². The summed E-state index contributed by atoms with van der Waals surface area (Å²) in [5, 5.41) is 4.15. The summed E-state index contributed by atoms with van der Waals surface area (Å²) in [7, 11) is -3.83. The molecule has 1 aliphatic heterocycles. The zero-order chi connectivity index (χ0) is 17.3. The number of aryl methyl sites for hydroxylation is 2. The number of anilines is 2. The number of morpholine rings is 1. The van der Waals surface area contributed by atoms with Crippen LogP contribution in [0.5, 0.6) is 0 Å². The molecule has 0 atom stereocenters. The van der Waals surface area contributed by atoms with Crippen molar-refractivity contribution in [1.82, 2.24) is 5.16 Å². The van der Waals surface area contributed by atoms with Gasteiger partial charge in [-0.25, -0.2) is 8.42 Å². The SMILES string of the molecule is Cc1noc(C)c1S(=O)(=O)Nc1cc(Cl)ccc1N1CCOCC1. The van der Waals surface area contributed by atoms with Gasteiger partial charge in [0.1, 0.15) is 5.69 Å². The first kappa shape index (κ1) is 17.1. The fraction of sp³-hybridized carbons (Fsp3) is 0.400. The number of nitrogens with zero attached hydrogens (tertiary/aromatic N) is 2. The fourth-order valence-electron chi connectivity index (χ4n) is 2.72. The molecule has 1 aliphatic rings. The summed E-state index contributed by atoms with van der Waals surface area (Å²) in [6.45, 7) is 5.71. The first-order valence-corrected chi connectivity index (χ1v) is 9.32. The predicted molar refractivity (Wildman–Crippen MR) is 91.3 cm³/mol. The summed E-state index contributed by atoms with van der Waals surface area (Å²) in [5.74, 6) is 0.245. The van der Waals surface area contributed by atoms with E-state index in [4.69, 9.17) is 20.9 Å². The summed E-state index contributed by atoms with van der Waals surface area (Å²) < 4.78 is 38.4. The Morgan fingerprint density at radius 3 is 2.58 bits per heavy atom. The summed E-state index contributed by atoms with van der Waals surface area (Å²) in [5.41, 5.74) is 1.50. The number of rotatable bonds is 4. The molecule has 130 valence electrons. The molecule has 1 fully saturated rings. The van der Waals surface area contributed by atoms with E-state index in [1.807, 2.05) is 0 Å². The molecule has 1 aromatic heterocycles. The largest absolute Gasteiger partial charge is 0.378 e. The molecule has 0 aliphatic carbocycles. The van der Waals surface area contributed by atoms with Crippen molar-refractivity contribution in [3.63, 3.8) is 0 Å². The molecule has 0 bridgehead atoms. The lowest BCUT2D eigenvalue weighted by Crippen LogP contribution is -2.36. The number of hydrogen-bond donors (Lipinski definition) is 1. The van der Waals surface area contributed by atoms with E-state index in [2.05, 4.69) is 14.8 Å². The third-order valence-electron chi connectivity index (χ3n) is 3.79. The second-order valence-corrected chi connectivity index (χ2v) is 7.58. The quantitative estimate of drug-likeness (QED) is 0.889. The van der Waals surface area contributed by atoms with Crippen molar-refractivity contribution in [2.45, 2.75) is 18.7 Å². The van der Waals surface area contributed by atoms with E-state index in [1.54, 1.807) is 32.0 Å². The highest BCUT2D eigenvalue weighted by Gasteiger charge is 2.26. The van der Waals surface area contributed by atoms with Gasteiger partial charge >= 0.3 is 0 Å². The van der Waals surface area contributed by atoms with Gasteiger partial charge in [-0.1, -0.05) is 16.8 Å². The van der Waals surface area contributed by atoms with Gasteiger partial charge in [-0.3, -0.25) is 4.72 Å². The van der Waals surface area contributed by atoms with Crippen molar-refractivity contribution in [2.75, 3.05) is 35.9 Å². The summed E-state index contributed by atoms with van der Waals surface area (Å²) in [6, 6.07) is 5.14. The van der Waals surface area contributed by atoms with Crippen molar-refractivity contribution >= 4 is 33.0 Å². The minimum absolute atomic E-state index is 0.0513. The van der Waals surface area contributed by atoms with Crippen LogP contribution >= 0.6 is 11.6 Å². The molecular weight excluding hydrogens is 354 g/mol. The van der Waals surface area contributed by atoms with Crippen molar-refractivity contribution < 1.29 is 17.7 Å². The predicted octanol–water partition coefficient (Wildman–Crippen LogP) is 2.58. The maximum atomic E-state index is 12.8. The number of benzene rings is 1. The van der Waals surface area contributed by atoms with Gasteiger partial charge in [0.15, 0.2) is 10.7 Å². The molecule has 3 rings (SSSR count). The Morgan fingerprint density at radius 2 is 1.96 bits per heavy atom. The number of hydrogen-bond acceptors (Lipinski definition) is 6. The number of ether oxygens (including phenoxy) is 1. The minimum Gasteiger partial charge on any atom is -0.378 e. The molecule has 0 radical (unpaired) electrons. The van der Waals surface area contributed by atoms with Gasteiger partial charge in [0.05, 0.1) is 24.6 Å². The molecule has 0 spiro atoms. The monoisotopic (exact) mass is 371 g/mol. The topological polar surface area (TPSA) is 84.7 Å². The van der Waals surface area contributed by atoms with Crippen molar-refractivity contribution in [2.24, 2.45) is 0 Å². The van der Waals surface area contributed by atoms with E-state index in [0.717, 1.165) is 5.69 Å². The zero-order valence-electron chi connectivity index (χ0n) is 13.4. The summed E-state index contributed by atoms with van der Waals surface area (Å²) >= 11 is 6.06. The Hall–Kier alpha value is -1.77. The van der Waals surface area contributed by atoms with Crippen LogP contribution in [-0.4, -0.2) is 39.9 Å². The van der Waals surface area contributed by atoms with Gasteiger partial charge in [0.25, 0.3) is 10.0 Å². The maximum Gasteiger partial charge on any atom is 0.267 e. The minimum atomic E-state index is -3.83. The lowest BCUT2D eigenvalue weighted by atomic mass is 10.2. The van der Waals surface area contributed by atoms with Gasteiger partial charge in [-0.05, 0) is 32.0 Å². The lowest BCUT2D eigenvalue weighted by molar-refractivity contribution is 0.123. The molecule has 0 amide bonds. The third-order valence-corrected chi connectivity index (χ3v) is 5.64. The molecule has 7 nitrogen and oxygen atoms in total. The Kier molecular flexibility index (Phi) is 4.71. The van der Waals surface area contributed by atoms with E-state index >= 15 is 0 Å². The first-order valence-electron chi connectivity index (χ1n) is 7.46. The van der Waals surface area contributed by atoms with Crippen molar-refractivity contribution in [3.05, 3.63) is 34.7 Å². The molecule has 2 heterocycles. The molecule has 1 saturated heterocycles. The molecule has 0 saturated carbocycles. The van der Waals surface area contributed by atoms with Gasteiger partial charge in [-0.2, -0.15) is 0 Å². The van der Waals surface area contributed by atoms with Crippen molar-refractivity contribution in [3.8, 4) is 0 Å². The Labute approximate surface area is 145 Å². The van der Waals surface area contributed by atoms with Crippen LogP contribution in [0.1, 0.15) is 11.5 Å². The highest BCUT2D eigenvalue weighted by Crippen LogP contribution is 2.32. The number of halogens is 1.